The number of nitrogens with zero attached hydrogens (tertiary/aromatic N) is 1. The van der Waals surface area contributed by atoms with E-state index < -0.39 is 0 Å². The van der Waals surface area contributed by atoms with E-state index in [0.29, 0.717) is 6.04 Å². The van der Waals surface area contributed by atoms with E-state index in [1.54, 1.807) is 5.57 Å². The minimum Gasteiger partial charge on any atom is -0.327 e. The number of allylic oxidation sites excluding steroid dienone is 1. The van der Waals surface area contributed by atoms with E-state index >= 15 is 0 Å². The minimum absolute atomic E-state index is 0.406. The van der Waals surface area contributed by atoms with Gasteiger partial charge in [-0.1, -0.05) is 25.5 Å². The van der Waals surface area contributed by atoms with Gasteiger partial charge in [-0.15, -0.1) is 0 Å². The molecule has 0 radical (unpaired) electrons. The number of hydrogen-bond acceptors (Lipinski definition) is 2. The van der Waals surface area contributed by atoms with Gasteiger partial charge in [0.1, 0.15) is 0 Å². The smallest absolute Gasteiger partial charge is 0.0193 e. The van der Waals surface area contributed by atoms with Crippen LogP contribution in [0.15, 0.2) is 11.6 Å². The van der Waals surface area contributed by atoms with Crippen molar-refractivity contribution in [3.8, 4) is 0 Å². The highest BCUT2D eigenvalue weighted by Gasteiger charge is 2.16. The quantitative estimate of drug-likeness (QED) is 0.698. The molecule has 14 heavy (non-hydrogen) atoms. The van der Waals surface area contributed by atoms with Crippen LogP contribution >= 0.6 is 0 Å². The van der Waals surface area contributed by atoms with Gasteiger partial charge in [0.25, 0.3) is 0 Å². The fraction of sp³-hybridized carbons (Fsp3) is 0.833. The molecular weight excluding hydrogens is 172 g/mol. The summed E-state index contributed by atoms with van der Waals surface area (Å²) in [5.41, 5.74) is 7.53. The molecule has 1 aliphatic heterocycles. The maximum Gasteiger partial charge on any atom is 0.0193 e. The predicted molar refractivity (Wildman–Crippen MR) is 62.3 cm³/mol. The Labute approximate surface area is 88.2 Å². The van der Waals surface area contributed by atoms with Gasteiger partial charge in [0.15, 0.2) is 0 Å². The third-order valence-electron chi connectivity index (χ3n) is 2.92. The molecule has 1 rings (SSSR count). The van der Waals surface area contributed by atoms with Crippen molar-refractivity contribution < 1.29 is 0 Å². The average Bonchev–Trinajstić information content (AvgIpc) is 2.17. The van der Waals surface area contributed by atoms with Crippen LogP contribution in [0.5, 0.6) is 0 Å². The second kappa shape index (κ2) is 6.20. The van der Waals surface area contributed by atoms with Crippen molar-refractivity contribution in [2.45, 2.75) is 45.6 Å². The Hall–Kier alpha value is -0.340. The van der Waals surface area contributed by atoms with Gasteiger partial charge in [0.05, 0.1) is 0 Å². The standard InChI is InChI=1S/C12H24N2/c1-3-6-11(4-2)9-14-8-5-7-12(13)10-14/h6,12H,3-5,7-10,13H2,1-2H3/b11-6+/t12-/m0/s1. The summed E-state index contributed by atoms with van der Waals surface area (Å²) in [6.45, 7) is 7.90. The molecule has 1 heterocycles. The molecule has 0 amide bonds. The molecule has 2 heteroatoms. The lowest BCUT2D eigenvalue weighted by molar-refractivity contribution is 0.223. The maximum atomic E-state index is 5.96. The summed E-state index contributed by atoms with van der Waals surface area (Å²) < 4.78 is 0. The first kappa shape index (κ1) is 11.7. The van der Waals surface area contributed by atoms with Crippen LogP contribution in [0.3, 0.4) is 0 Å². The van der Waals surface area contributed by atoms with E-state index in [1.807, 2.05) is 0 Å². The monoisotopic (exact) mass is 196 g/mol. The molecule has 0 aromatic heterocycles. The lowest BCUT2D eigenvalue weighted by Gasteiger charge is -2.31. The molecule has 2 nitrogen and oxygen atoms in total. The minimum atomic E-state index is 0.406. The van der Waals surface area contributed by atoms with Gasteiger partial charge in [0, 0.05) is 19.1 Å². The molecule has 1 saturated heterocycles. The summed E-state index contributed by atoms with van der Waals surface area (Å²) in [6.07, 6.45) is 7.17. The molecule has 2 N–H and O–H groups in total. The highest BCUT2D eigenvalue weighted by atomic mass is 15.1. The molecular formula is C12H24N2. The maximum absolute atomic E-state index is 5.96. The van der Waals surface area contributed by atoms with Gasteiger partial charge in [0.2, 0.25) is 0 Å². The molecule has 0 bridgehead atoms. The predicted octanol–water partition coefficient (Wildman–Crippen LogP) is 2.16. The summed E-state index contributed by atoms with van der Waals surface area (Å²) in [5, 5.41) is 0. The van der Waals surface area contributed by atoms with Crippen LogP contribution in [-0.4, -0.2) is 30.6 Å². The number of rotatable bonds is 4. The topological polar surface area (TPSA) is 29.3 Å². The second-order valence-electron chi connectivity index (χ2n) is 4.26. The normalized spacial score (nSPS) is 25.4. The van der Waals surface area contributed by atoms with Gasteiger partial charge >= 0.3 is 0 Å². The first-order valence-corrected chi connectivity index (χ1v) is 5.92. The van der Waals surface area contributed by atoms with Crippen LogP contribution in [0.2, 0.25) is 0 Å². The first-order valence-electron chi connectivity index (χ1n) is 5.92. The third kappa shape index (κ3) is 3.81. The Bertz CT molecular complexity index is 187. The molecule has 0 aromatic carbocycles. The lowest BCUT2D eigenvalue weighted by atomic mass is 10.0. The lowest BCUT2D eigenvalue weighted by Crippen LogP contribution is -2.43. The zero-order chi connectivity index (χ0) is 10.4. The van der Waals surface area contributed by atoms with Crippen LogP contribution in [0.1, 0.15) is 39.5 Å². The van der Waals surface area contributed by atoms with Gasteiger partial charge in [-0.3, -0.25) is 4.90 Å². The first-order chi connectivity index (χ1) is 6.76. The van der Waals surface area contributed by atoms with E-state index in [4.69, 9.17) is 5.73 Å². The van der Waals surface area contributed by atoms with Crippen LogP contribution in [0, 0.1) is 0 Å². The van der Waals surface area contributed by atoms with Crippen LogP contribution < -0.4 is 5.73 Å². The van der Waals surface area contributed by atoms with Crippen LogP contribution in [0.4, 0.5) is 0 Å². The largest absolute Gasteiger partial charge is 0.327 e. The second-order valence-corrected chi connectivity index (χ2v) is 4.26. The summed E-state index contributed by atoms with van der Waals surface area (Å²) in [5.74, 6) is 0. The Morgan fingerprint density at radius 3 is 2.86 bits per heavy atom. The van der Waals surface area contributed by atoms with E-state index in [-0.39, 0.29) is 0 Å². The fourth-order valence-corrected chi connectivity index (χ4v) is 2.13. The molecule has 82 valence electrons. The Morgan fingerprint density at radius 2 is 2.29 bits per heavy atom. The third-order valence-corrected chi connectivity index (χ3v) is 2.92. The fourth-order valence-electron chi connectivity index (χ4n) is 2.13. The number of nitrogens with two attached hydrogens (primary N) is 1. The summed E-state index contributed by atoms with van der Waals surface area (Å²) in [6, 6.07) is 0.406. The zero-order valence-corrected chi connectivity index (χ0v) is 9.63. The molecule has 0 spiro atoms. The molecule has 0 aliphatic carbocycles. The zero-order valence-electron chi connectivity index (χ0n) is 9.63. The van der Waals surface area contributed by atoms with Crippen LogP contribution in [-0.2, 0) is 0 Å². The Morgan fingerprint density at radius 1 is 1.50 bits per heavy atom. The molecule has 1 aliphatic rings. The molecule has 1 fully saturated rings. The highest BCUT2D eigenvalue weighted by molar-refractivity contribution is 5.04. The van der Waals surface area contributed by atoms with Crippen molar-refractivity contribution in [1.29, 1.82) is 0 Å². The van der Waals surface area contributed by atoms with E-state index in [1.165, 1.54) is 25.8 Å². The van der Waals surface area contributed by atoms with Crippen molar-refractivity contribution in [3.05, 3.63) is 11.6 Å². The van der Waals surface area contributed by atoms with Crippen molar-refractivity contribution in [2.24, 2.45) is 5.73 Å². The molecule has 0 aromatic rings. The Balaban J connectivity index is 2.37. The van der Waals surface area contributed by atoms with Gasteiger partial charge in [-0.05, 0) is 32.2 Å². The summed E-state index contributed by atoms with van der Waals surface area (Å²) >= 11 is 0. The summed E-state index contributed by atoms with van der Waals surface area (Å²) in [7, 11) is 0. The van der Waals surface area contributed by atoms with Crippen molar-refractivity contribution in [2.75, 3.05) is 19.6 Å². The van der Waals surface area contributed by atoms with Crippen molar-refractivity contribution in [3.63, 3.8) is 0 Å². The van der Waals surface area contributed by atoms with Gasteiger partial charge in [-0.2, -0.15) is 0 Å². The van der Waals surface area contributed by atoms with Crippen LogP contribution in [0.25, 0.3) is 0 Å². The van der Waals surface area contributed by atoms with Crippen molar-refractivity contribution >= 4 is 0 Å². The Kier molecular flexibility index (Phi) is 5.20. The van der Waals surface area contributed by atoms with Gasteiger partial charge in [-0.25, -0.2) is 0 Å². The highest BCUT2D eigenvalue weighted by Crippen LogP contribution is 2.12. The average molecular weight is 196 g/mol. The van der Waals surface area contributed by atoms with E-state index in [0.717, 1.165) is 19.5 Å². The van der Waals surface area contributed by atoms with Crippen molar-refractivity contribution in [1.82, 2.24) is 4.90 Å². The molecule has 0 unspecified atom stereocenters. The molecule has 0 saturated carbocycles. The van der Waals surface area contributed by atoms with E-state index in [9.17, 15) is 0 Å². The van der Waals surface area contributed by atoms with Gasteiger partial charge < -0.3 is 5.73 Å². The number of piperidine rings is 1. The molecule has 1 atom stereocenters. The summed E-state index contributed by atoms with van der Waals surface area (Å²) in [4.78, 5) is 2.50. The number of likely N-dealkylation sites (tertiary alicyclic amines) is 1. The SMILES string of the molecule is CC/C=C(\CC)CN1CCC[C@H](N)C1. The van der Waals surface area contributed by atoms with E-state index in [2.05, 4.69) is 24.8 Å². The number of hydrogen-bond donors (Lipinski definition) is 1.